The Balaban J connectivity index is 1.96. The summed E-state index contributed by atoms with van der Waals surface area (Å²) in [5.41, 5.74) is 3.12. The molecule has 25 heavy (non-hydrogen) atoms. The molecule has 2 amide bonds. The second-order valence-electron chi connectivity index (χ2n) is 6.16. The summed E-state index contributed by atoms with van der Waals surface area (Å²) in [6.45, 7) is 6.44. The summed E-state index contributed by atoms with van der Waals surface area (Å²) in [6.07, 6.45) is 4.76. The van der Waals surface area contributed by atoms with Crippen LogP contribution in [0.5, 0.6) is 0 Å². The van der Waals surface area contributed by atoms with E-state index in [0.717, 1.165) is 11.1 Å². The van der Waals surface area contributed by atoms with E-state index in [1.165, 1.54) is 6.20 Å². The van der Waals surface area contributed by atoms with Gasteiger partial charge in [0.15, 0.2) is 0 Å². The van der Waals surface area contributed by atoms with E-state index >= 15 is 0 Å². The lowest BCUT2D eigenvalue weighted by Gasteiger charge is -2.09. The number of benzene rings is 1. The van der Waals surface area contributed by atoms with Crippen molar-refractivity contribution in [3.63, 3.8) is 0 Å². The number of amides is 2. The number of anilines is 1. The van der Waals surface area contributed by atoms with Crippen LogP contribution in [0.4, 0.5) is 5.69 Å². The van der Waals surface area contributed by atoms with Crippen LogP contribution in [0.1, 0.15) is 36.7 Å². The van der Waals surface area contributed by atoms with Crippen molar-refractivity contribution in [3.05, 3.63) is 71.6 Å². The largest absolute Gasteiger partial charge is 0.348 e. The third-order valence-electron chi connectivity index (χ3n) is 3.84. The van der Waals surface area contributed by atoms with Crippen LogP contribution >= 0.6 is 0 Å². The van der Waals surface area contributed by atoms with Crippen LogP contribution in [0, 0.1) is 5.92 Å². The smallest absolute Gasteiger partial charge is 0.257 e. The molecular formula is C20H23N3O2. The molecule has 2 rings (SSSR count). The molecule has 0 spiro atoms. The summed E-state index contributed by atoms with van der Waals surface area (Å²) in [6, 6.07) is 10.8. The third kappa shape index (κ3) is 5.88. The van der Waals surface area contributed by atoms with E-state index in [-0.39, 0.29) is 11.8 Å². The Hall–Kier alpha value is -2.95. The highest BCUT2D eigenvalue weighted by Crippen LogP contribution is 2.12. The lowest BCUT2D eigenvalue weighted by atomic mass is 10.1. The van der Waals surface area contributed by atoms with Gasteiger partial charge in [-0.25, -0.2) is 0 Å². The van der Waals surface area contributed by atoms with E-state index < -0.39 is 0 Å². The number of pyridine rings is 1. The van der Waals surface area contributed by atoms with E-state index in [1.807, 2.05) is 45.0 Å². The van der Waals surface area contributed by atoms with Gasteiger partial charge in [0.1, 0.15) is 0 Å². The van der Waals surface area contributed by atoms with Crippen LogP contribution < -0.4 is 10.6 Å². The number of carbonyl (C=O) groups excluding carboxylic acids is 2. The van der Waals surface area contributed by atoms with Gasteiger partial charge in [-0.3, -0.25) is 14.6 Å². The topological polar surface area (TPSA) is 71.1 Å². The number of nitrogens with zero attached hydrogens (tertiary/aromatic N) is 1. The monoisotopic (exact) mass is 337 g/mol. The molecule has 0 atom stereocenters. The van der Waals surface area contributed by atoms with Gasteiger partial charge >= 0.3 is 0 Å². The molecular weight excluding hydrogens is 314 g/mol. The number of hydrogen-bond donors (Lipinski definition) is 2. The standard InChI is InChI=1S/C20H23N3O2/c1-14(2)15(3)10-19(24)22-12-16-6-4-8-18(11-16)23-20(25)17-7-5-9-21-13-17/h4-11,13-14H,12H2,1-3H3,(H,22,24)(H,23,25)/b15-10+. The zero-order valence-electron chi connectivity index (χ0n) is 14.7. The van der Waals surface area contributed by atoms with E-state index in [0.29, 0.717) is 23.7 Å². The van der Waals surface area contributed by atoms with Crippen LogP contribution in [0.2, 0.25) is 0 Å². The summed E-state index contributed by atoms with van der Waals surface area (Å²) in [5.74, 6) is 0.0116. The quantitative estimate of drug-likeness (QED) is 0.792. The Bertz CT molecular complexity index is 768. The fourth-order valence-electron chi connectivity index (χ4n) is 2.07. The summed E-state index contributed by atoms with van der Waals surface area (Å²) >= 11 is 0. The van der Waals surface area contributed by atoms with Gasteiger partial charge in [-0.15, -0.1) is 0 Å². The van der Waals surface area contributed by atoms with Gasteiger partial charge in [-0.05, 0) is 42.7 Å². The van der Waals surface area contributed by atoms with Crippen molar-refractivity contribution in [1.29, 1.82) is 0 Å². The zero-order chi connectivity index (χ0) is 18.2. The molecule has 0 aliphatic carbocycles. The predicted molar refractivity (Wildman–Crippen MR) is 99.1 cm³/mol. The average molecular weight is 337 g/mol. The fraction of sp³-hybridized carbons (Fsp3) is 0.250. The molecule has 5 heteroatoms. The van der Waals surface area contributed by atoms with Gasteiger partial charge in [0.2, 0.25) is 5.91 Å². The number of aromatic nitrogens is 1. The zero-order valence-corrected chi connectivity index (χ0v) is 14.7. The minimum absolute atomic E-state index is 0.115. The molecule has 0 fully saturated rings. The molecule has 1 aromatic carbocycles. The third-order valence-corrected chi connectivity index (χ3v) is 3.84. The second kappa shape index (κ2) is 8.78. The average Bonchev–Trinajstić information content (AvgIpc) is 2.61. The van der Waals surface area contributed by atoms with Gasteiger partial charge in [-0.1, -0.05) is 31.6 Å². The molecule has 1 heterocycles. The van der Waals surface area contributed by atoms with Crippen molar-refractivity contribution in [1.82, 2.24) is 10.3 Å². The molecule has 0 saturated heterocycles. The first kappa shape index (κ1) is 18.4. The molecule has 0 radical (unpaired) electrons. The van der Waals surface area contributed by atoms with E-state index in [1.54, 1.807) is 24.4 Å². The molecule has 0 aliphatic heterocycles. The second-order valence-corrected chi connectivity index (χ2v) is 6.16. The van der Waals surface area contributed by atoms with Crippen LogP contribution in [0.25, 0.3) is 0 Å². The first-order valence-electron chi connectivity index (χ1n) is 8.22. The minimum Gasteiger partial charge on any atom is -0.348 e. The molecule has 5 nitrogen and oxygen atoms in total. The van der Waals surface area contributed by atoms with Crippen LogP contribution in [-0.4, -0.2) is 16.8 Å². The fourth-order valence-corrected chi connectivity index (χ4v) is 2.07. The maximum Gasteiger partial charge on any atom is 0.257 e. The lowest BCUT2D eigenvalue weighted by Crippen LogP contribution is -2.21. The number of allylic oxidation sites excluding steroid dienone is 1. The van der Waals surface area contributed by atoms with Crippen molar-refractivity contribution in [3.8, 4) is 0 Å². The maximum atomic E-state index is 12.1. The molecule has 2 aromatic rings. The van der Waals surface area contributed by atoms with Crippen molar-refractivity contribution < 1.29 is 9.59 Å². The van der Waals surface area contributed by atoms with Crippen molar-refractivity contribution >= 4 is 17.5 Å². The molecule has 2 N–H and O–H groups in total. The van der Waals surface area contributed by atoms with Crippen molar-refractivity contribution in [2.45, 2.75) is 27.3 Å². The van der Waals surface area contributed by atoms with E-state index in [4.69, 9.17) is 0 Å². The predicted octanol–water partition coefficient (Wildman–Crippen LogP) is 3.55. The van der Waals surface area contributed by atoms with Gasteiger partial charge in [0.05, 0.1) is 5.56 Å². The highest BCUT2D eigenvalue weighted by molar-refractivity contribution is 6.04. The van der Waals surface area contributed by atoms with Gasteiger partial charge in [0.25, 0.3) is 5.91 Å². The Kier molecular flexibility index (Phi) is 6.46. The highest BCUT2D eigenvalue weighted by atomic mass is 16.2. The lowest BCUT2D eigenvalue weighted by molar-refractivity contribution is -0.116. The number of nitrogens with one attached hydrogen (secondary N) is 2. The molecule has 0 saturated carbocycles. The highest BCUT2D eigenvalue weighted by Gasteiger charge is 2.06. The summed E-state index contributed by atoms with van der Waals surface area (Å²) in [5, 5.41) is 5.69. The number of hydrogen-bond acceptors (Lipinski definition) is 3. The Morgan fingerprint density at radius 2 is 2.00 bits per heavy atom. The summed E-state index contributed by atoms with van der Waals surface area (Å²) in [4.78, 5) is 28.0. The van der Waals surface area contributed by atoms with Crippen LogP contribution in [-0.2, 0) is 11.3 Å². The van der Waals surface area contributed by atoms with Gasteiger partial charge in [-0.2, -0.15) is 0 Å². The molecule has 130 valence electrons. The molecule has 0 aliphatic rings. The Morgan fingerprint density at radius 3 is 2.68 bits per heavy atom. The SMILES string of the molecule is C/C(=C\C(=O)NCc1cccc(NC(=O)c2cccnc2)c1)C(C)C. The molecule has 1 aromatic heterocycles. The van der Waals surface area contributed by atoms with Crippen LogP contribution in [0.3, 0.4) is 0 Å². The maximum absolute atomic E-state index is 12.1. The number of rotatable bonds is 6. The summed E-state index contributed by atoms with van der Waals surface area (Å²) < 4.78 is 0. The number of carbonyl (C=O) groups is 2. The van der Waals surface area contributed by atoms with Gasteiger partial charge < -0.3 is 10.6 Å². The van der Waals surface area contributed by atoms with E-state index in [2.05, 4.69) is 15.6 Å². The first-order valence-corrected chi connectivity index (χ1v) is 8.22. The Morgan fingerprint density at radius 1 is 1.20 bits per heavy atom. The summed E-state index contributed by atoms with van der Waals surface area (Å²) in [7, 11) is 0. The Labute approximate surface area is 148 Å². The normalized spacial score (nSPS) is 11.3. The minimum atomic E-state index is -0.218. The van der Waals surface area contributed by atoms with Crippen LogP contribution in [0.15, 0.2) is 60.4 Å². The molecule has 0 bridgehead atoms. The molecule has 0 unspecified atom stereocenters. The van der Waals surface area contributed by atoms with Crippen molar-refractivity contribution in [2.75, 3.05) is 5.32 Å². The van der Waals surface area contributed by atoms with Gasteiger partial charge in [0, 0.05) is 30.7 Å². The van der Waals surface area contributed by atoms with E-state index in [9.17, 15) is 9.59 Å². The van der Waals surface area contributed by atoms with Crippen molar-refractivity contribution in [2.24, 2.45) is 5.92 Å². The first-order chi connectivity index (χ1) is 12.0.